The van der Waals surface area contributed by atoms with Crippen LogP contribution in [0.2, 0.25) is 0 Å². The maximum atomic E-state index is 15.2. The van der Waals surface area contributed by atoms with Crippen molar-refractivity contribution in [2.24, 2.45) is 5.34 Å². The Bertz CT molecular complexity index is 1440. The van der Waals surface area contributed by atoms with E-state index in [1.165, 1.54) is 10.7 Å². The molecular weight excluding hydrogens is 507 g/mol. The van der Waals surface area contributed by atoms with Gasteiger partial charge in [-0.05, 0) is 43.2 Å². The molecule has 14 heteroatoms. The van der Waals surface area contributed by atoms with Crippen molar-refractivity contribution in [3.63, 3.8) is 0 Å². The average Bonchev–Trinajstić information content (AvgIpc) is 3.48. The number of nitrogens with zero attached hydrogens (tertiary/aromatic N) is 4. The van der Waals surface area contributed by atoms with Crippen LogP contribution < -0.4 is 10.0 Å². The summed E-state index contributed by atoms with van der Waals surface area (Å²) in [6.07, 6.45) is -0.311. The van der Waals surface area contributed by atoms with E-state index >= 15 is 4.39 Å². The zero-order valence-electron chi connectivity index (χ0n) is 20.0. The molecule has 1 saturated heterocycles. The Hall–Kier alpha value is -3.75. The number of sulfonamides is 1. The first-order valence-corrected chi connectivity index (χ1v) is 12.8. The van der Waals surface area contributed by atoms with Crippen molar-refractivity contribution in [2.75, 3.05) is 6.54 Å². The molecule has 0 radical (unpaired) electrons. The second-order valence-electron chi connectivity index (χ2n) is 8.70. The largest absolute Gasteiger partial charge is 0.388 e. The molecule has 1 fully saturated rings. The van der Waals surface area contributed by atoms with Gasteiger partial charge in [0.15, 0.2) is 11.2 Å². The monoisotopic (exact) mass is 532 g/mol. The Kier molecular flexibility index (Phi) is 7.61. The molecule has 1 amide bonds. The summed E-state index contributed by atoms with van der Waals surface area (Å²) < 4.78 is 43.8. The Morgan fingerprint density at radius 3 is 2.78 bits per heavy atom. The molecule has 3 N–H and O–H groups in total. The van der Waals surface area contributed by atoms with Crippen molar-refractivity contribution >= 4 is 15.9 Å². The Labute approximate surface area is 211 Å². The zero-order chi connectivity index (χ0) is 26.7. The van der Waals surface area contributed by atoms with Crippen LogP contribution in [0.25, 0.3) is 5.69 Å². The molecule has 1 aliphatic heterocycles. The highest BCUT2D eigenvalue weighted by atomic mass is 32.2. The van der Waals surface area contributed by atoms with E-state index < -0.39 is 45.4 Å². The van der Waals surface area contributed by atoms with Gasteiger partial charge in [-0.2, -0.15) is 0 Å². The number of aliphatic hydroxyl groups excluding tert-OH is 1. The number of rotatable bonds is 9. The molecule has 1 aromatic heterocycles. The molecule has 0 saturated carbocycles. The first kappa shape index (κ1) is 26.3. The molecule has 2 heterocycles. The molecule has 1 aliphatic rings. The Morgan fingerprint density at radius 1 is 1.30 bits per heavy atom. The van der Waals surface area contributed by atoms with Crippen LogP contribution in [0, 0.1) is 24.6 Å². The number of hydrogen-bond acceptors (Lipinski definition) is 10. The first-order chi connectivity index (χ1) is 17.6. The van der Waals surface area contributed by atoms with Gasteiger partial charge in [-0.25, -0.2) is 27.2 Å². The fourth-order valence-electron chi connectivity index (χ4n) is 4.06. The van der Waals surface area contributed by atoms with Crippen LogP contribution in [0.15, 0.2) is 46.6 Å². The Morgan fingerprint density at radius 2 is 2.08 bits per heavy atom. The number of aryl methyl sites for hydroxylation is 2. The highest BCUT2D eigenvalue weighted by Gasteiger charge is 2.33. The van der Waals surface area contributed by atoms with Crippen molar-refractivity contribution in [3.8, 4) is 5.69 Å². The smallest absolute Gasteiger partial charge is 0.264 e. The van der Waals surface area contributed by atoms with Crippen LogP contribution in [0.3, 0.4) is 0 Å². The predicted octanol–water partition coefficient (Wildman–Crippen LogP) is 1.34. The average molecular weight is 533 g/mol. The zero-order valence-corrected chi connectivity index (χ0v) is 20.8. The molecule has 2 aromatic carbocycles. The van der Waals surface area contributed by atoms with Crippen LogP contribution in [0.5, 0.6) is 0 Å². The molecule has 1 unspecified atom stereocenters. The lowest BCUT2D eigenvalue weighted by atomic mass is 10.0. The number of benzene rings is 2. The molecular formula is C23H25FN6O6S. The standard InChI is InChI=1S/C23H25FN6O6S/c1-13-3-4-14(2)15(7-13)8-22-26-21(12-31)27-30(22)20-6-5-17(10-18(20)24)37(34,35)28-23(32)19-9-16(11-25-19)36-29-33/h3-7,10,16,19,25,31H,8-9,11-12H2,1-2H3,(H,28,32)/t16?,19-/m0/s1. The molecule has 3 aromatic rings. The third-order valence-corrected chi connectivity index (χ3v) is 7.35. The summed E-state index contributed by atoms with van der Waals surface area (Å²) in [5.74, 6) is -1.35. The van der Waals surface area contributed by atoms with E-state index in [9.17, 15) is 23.2 Å². The lowest BCUT2D eigenvalue weighted by Gasteiger charge is -2.13. The molecule has 37 heavy (non-hydrogen) atoms. The summed E-state index contributed by atoms with van der Waals surface area (Å²) in [7, 11) is -4.41. The molecule has 2 atom stereocenters. The number of carbonyl (C=O) groups is 1. The first-order valence-electron chi connectivity index (χ1n) is 11.3. The number of aliphatic hydroxyl groups is 1. The number of halogens is 1. The van der Waals surface area contributed by atoms with Gasteiger partial charge in [0.05, 0.1) is 10.9 Å². The van der Waals surface area contributed by atoms with Crippen molar-refractivity contribution in [1.29, 1.82) is 0 Å². The molecule has 0 spiro atoms. The maximum absolute atomic E-state index is 15.2. The van der Waals surface area contributed by atoms with E-state index in [0.29, 0.717) is 12.2 Å². The lowest BCUT2D eigenvalue weighted by molar-refractivity contribution is -0.121. The predicted molar refractivity (Wildman–Crippen MR) is 128 cm³/mol. The Balaban J connectivity index is 1.58. The molecule has 12 nitrogen and oxygen atoms in total. The van der Waals surface area contributed by atoms with Crippen LogP contribution in [-0.2, 0) is 32.7 Å². The number of hydrogen-bond donors (Lipinski definition) is 3. The quantitative estimate of drug-likeness (QED) is 0.272. The third-order valence-electron chi connectivity index (χ3n) is 6.00. The topological polar surface area (TPSA) is 165 Å². The minimum atomic E-state index is -4.41. The van der Waals surface area contributed by atoms with E-state index in [-0.39, 0.29) is 24.5 Å². The van der Waals surface area contributed by atoms with Crippen molar-refractivity contribution in [2.45, 2.75) is 50.3 Å². The van der Waals surface area contributed by atoms with Gasteiger partial charge in [0.25, 0.3) is 15.9 Å². The maximum Gasteiger partial charge on any atom is 0.264 e. The van der Waals surface area contributed by atoms with Crippen LogP contribution in [0.4, 0.5) is 4.39 Å². The number of aromatic nitrogens is 3. The molecule has 0 bridgehead atoms. The van der Waals surface area contributed by atoms with E-state index in [0.717, 1.165) is 28.8 Å². The number of nitrogens with one attached hydrogen (secondary N) is 2. The summed E-state index contributed by atoms with van der Waals surface area (Å²) in [5, 5.41) is 18.8. The number of amides is 1. The molecule has 0 aliphatic carbocycles. The van der Waals surface area contributed by atoms with Crippen LogP contribution in [0.1, 0.15) is 34.8 Å². The van der Waals surface area contributed by atoms with Gasteiger partial charge in [0.2, 0.25) is 0 Å². The van der Waals surface area contributed by atoms with Crippen molar-refractivity contribution in [1.82, 2.24) is 24.8 Å². The third kappa shape index (κ3) is 5.81. The summed E-state index contributed by atoms with van der Waals surface area (Å²) in [4.78, 5) is 31.0. The van der Waals surface area contributed by atoms with Crippen molar-refractivity contribution < 1.29 is 27.5 Å². The van der Waals surface area contributed by atoms with E-state index in [4.69, 9.17) is 0 Å². The summed E-state index contributed by atoms with van der Waals surface area (Å²) >= 11 is 0. The molecule has 4 rings (SSSR count). The van der Waals surface area contributed by atoms with Crippen LogP contribution >= 0.6 is 0 Å². The fourth-order valence-corrected chi connectivity index (χ4v) is 5.09. The second kappa shape index (κ2) is 10.7. The minimum absolute atomic E-state index is 0.0447. The summed E-state index contributed by atoms with van der Waals surface area (Å²) in [5.41, 5.74) is 2.91. The van der Waals surface area contributed by atoms with Gasteiger partial charge in [-0.1, -0.05) is 23.8 Å². The van der Waals surface area contributed by atoms with Gasteiger partial charge in [-0.3, -0.25) is 4.79 Å². The normalized spacial score (nSPS) is 17.5. The van der Waals surface area contributed by atoms with Gasteiger partial charge < -0.3 is 15.3 Å². The van der Waals surface area contributed by atoms with Crippen LogP contribution in [-0.4, -0.2) is 52.9 Å². The van der Waals surface area contributed by atoms with Gasteiger partial charge >= 0.3 is 0 Å². The van der Waals surface area contributed by atoms with Gasteiger partial charge in [0, 0.05) is 19.4 Å². The van der Waals surface area contributed by atoms with E-state index in [1.807, 2.05) is 36.8 Å². The van der Waals surface area contributed by atoms with E-state index in [1.54, 1.807) is 0 Å². The second-order valence-corrected chi connectivity index (χ2v) is 10.4. The highest BCUT2D eigenvalue weighted by molar-refractivity contribution is 7.90. The lowest BCUT2D eigenvalue weighted by Crippen LogP contribution is -2.43. The van der Waals surface area contributed by atoms with Gasteiger partial charge in [0.1, 0.15) is 30.0 Å². The summed E-state index contributed by atoms with van der Waals surface area (Å²) in [6, 6.07) is 8.11. The highest BCUT2D eigenvalue weighted by Crippen LogP contribution is 2.22. The summed E-state index contributed by atoms with van der Waals surface area (Å²) in [6.45, 7) is 3.56. The van der Waals surface area contributed by atoms with Gasteiger partial charge in [-0.15, -0.1) is 10.0 Å². The molecule has 196 valence electrons. The van der Waals surface area contributed by atoms with Crippen molar-refractivity contribution in [3.05, 3.63) is 75.5 Å². The minimum Gasteiger partial charge on any atom is -0.388 e. The van der Waals surface area contributed by atoms with E-state index in [2.05, 4.69) is 25.6 Å². The number of carbonyl (C=O) groups excluding carboxylic acids is 1. The fraction of sp³-hybridized carbons (Fsp3) is 0.348. The SMILES string of the molecule is Cc1ccc(C)c(Cc2nc(CO)nn2-c2ccc(S(=O)(=O)NC(=O)[C@@H]3CC(ON=O)CN3)cc2F)c1.